The molecule has 0 aromatic heterocycles. The van der Waals surface area contributed by atoms with Crippen molar-refractivity contribution in [3.63, 3.8) is 0 Å². The van der Waals surface area contributed by atoms with Gasteiger partial charge in [0, 0.05) is 17.3 Å². The van der Waals surface area contributed by atoms with Crippen molar-refractivity contribution >= 4 is 22.9 Å². The fourth-order valence-electron chi connectivity index (χ4n) is 2.75. The molecule has 1 aliphatic rings. The summed E-state index contributed by atoms with van der Waals surface area (Å²) in [6, 6.07) is 6.82. The van der Waals surface area contributed by atoms with Crippen LogP contribution >= 0.6 is 12.2 Å². The highest BCUT2D eigenvalue weighted by Crippen LogP contribution is 2.36. The third-order valence-corrected chi connectivity index (χ3v) is 4.36. The maximum atomic E-state index is 5.82. The van der Waals surface area contributed by atoms with E-state index in [1.54, 1.807) is 0 Å². The average molecular weight is 276 g/mol. The number of nitrogens with two attached hydrogens (primary N) is 1. The van der Waals surface area contributed by atoms with Gasteiger partial charge in [0.1, 0.15) is 4.99 Å². The lowest BCUT2D eigenvalue weighted by Crippen LogP contribution is -2.30. The van der Waals surface area contributed by atoms with Crippen molar-refractivity contribution in [2.75, 3.05) is 5.32 Å². The van der Waals surface area contributed by atoms with Gasteiger partial charge in [-0.1, -0.05) is 37.7 Å². The summed E-state index contributed by atoms with van der Waals surface area (Å²) in [7, 11) is 0. The molecular weight excluding hydrogens is 252 g/mol. The SMILES string of the molecule is Cc1ccc(NC2CCC(C)(C)CC2)c(C(N)=S)c1. The molecule has 0 aliphatic heterocycles. The molecule has 1 fully saturated rings. The Morgan fingerprint density at radius 1 is 1.32 bits per heavy atom. The van der Waals surface area contributed by atoms with Gasteiger partial charge >= 0.3 is 0 Å². The van der Waals surface area contributed by atoms with E-state index in [4.69, 9.17) is 18.0 Å². The van der Waals surface area contributed by atoms with E-state index in [1.807, 2.05) is 0 Å². The zero-order valence-corrected chi connectivity index (χ0v) is 12.9. The molecule has 0 saturated heterocycles. The molecule has 3 heteroatoms. The zero-order chi connectivity index (χ0) is 14.0. The number of rotatable bonds is 3. The third-order valence-electron chi connectivity index (χ3n) is 4.14. The molecule has 1 aliphatic carbocycles. The minimum atomic E-state index is 0.474. The van der Waals surface area contributed by atoms with Gasteiger partial charge in [-0.25, -0.2) is 0 Å². The van der Waals surface area contributed by atoms with Gasteiger partial charge in [-0.2, -0.15) is 0 Å². The average Bonchev–Trinajstić information content (AvgIpc) is 2.33. The monoisotopic (exact) mass is 276 g/mol. The third kappa shape index (κ3) is 3.69. The van der Waals surface area contributed by atoms with Crippen molar-refractivity contribution in [2.24, 2.45) is 11.1 Å². The van der Waals surface area contributed by atoms with Gasteiger partial charge in [-0.3, -0.25) is 0 Å². The molecule has 1 saturated carbocycles. The Labute approximate surface area is 121 Å². The van der Waals surface area contributed by atoms with Crippen LogP contribution in [0.3, 0.4) is 0 Å². The van der Waals surface area contributed by atoms with Crippen molar-refractivity contribution in [2.45, 2.75) is 52.5 Å². The molecule has 3 N–H and O–H groups in total. The second-order valence-electron chi connectivity index (χ2n) is 6.50. The van der Waals surface area contributed by atoms with E-state index in [9.17, 15) is 0 Å². The van der Waals surface area contributed by atoms with Crippen LogP contribution in [0.4, 0.5) is 5.69 Å². The standard InChI is InChI=1S/C16H24N2S/c1-11-4-5-14(13(10-11)15(17)19)18-12-6-8-16(2,3)9-7-12/h4-5,10,12,18H,6-9H2,1-3H3,(H2,17,19). The van der Waals surface area contributed by atoms with E-state index < -0.39 is 0 Å². The van der Waals surface area contributed by atoms with E-state index in [-0.39, 0.29) is 0 Å². The first-order chi connectivity index (χ1) is 8.87. The van der Waals surface area contributed by atoms with Gasteiger partial charge in [0.25, 0.3) is 0 Å². The van der Waals surface area contributed by atoms with E-state index in [1.165, 1.54) is 31.2 Å². The van der Waals surface area contributed by atoms with Crippen molar-refractivity contribution < 1.29 is 0 Å². The van der Waals surface area contributed by atoms with Gasteiger partial charge < -0.3 is 11.1 Å². The molecule has 1 aromatic carbocycles. The van der Waals surface area contributed by atoms with Crippen molar-refractivity contribution in [3.8, 4) is 0 Å². The summed E-state index contributed by atoms with van der Waals surface area (Å²) in [6.45, 7) is 6.78. The van der Waals surface area contributed by atoms with Crippen LogP contribution in [0.25, 0.3) is 0 Å². The minimum absolute atomic E-state index is 0.474. The van der Waals surface area contributed by atoms with Crippen LogP contribution in [0.1, 0.15) is 50.7 Å². The second-order valence-corrected chi connectivity index (χ2v) is 6.94. The number of benzene rings is 1. The summed E-state index contributed by atoms with van der Waals surface area (Å²) in [4.78, 5) is 0.474. The topological polar surface area (TPSA) is 38.0 Å². The largest absolute Gasteiger partial charge is 0.389 e. The Kier molecular flexibility index (Phi) is 4.14. The lowest BCUT2D eigenvalue weighted by molar-refractivity contribution is 0.232. The smallest absolute Gasteiger partial charge is 0.106 e. The Hall–Kier alpha value is -1.09. The molecule has 2 nitrogen and oxygen atoms in total. The Balaban J connectivity index is 2.10. The molecule has 104 valence electrons. The predicted octanol–water partition coefficient (Wildman–Crippen LogP) is 4.01. The molecule has 0 bridgehead atoms. The number of hydrogen-bond acceptors (Lipinski definition) is 2. The van der Waals surface area contributed by atoms with Gasteiger partial charge in [0.15, 0.2) is 0 Å². The minimum Gasteiger partial charge on any atom is -0.389 e. The number of anilines is 1. The summed E-state index contributed by atoms with van der Waals surface area (Å²) in [5.41, 5.74) is 9.57. The molecule has 2 rings (SSSR count). The maximum absolute atomic E-state index is 5.82. The van der Waals surface area contributed by atoms with Crippen LogP contribution in [-0.4, -0.2) is 11.0 Å². The van der Waals surface area contributed by atoms with Gasteiger partial charge in [-0.15, -0.1) is 0 Å². The lowest BCUT2D eigenvalue weighted by atomic mass is 9.75. The van der Waals surface area contributed by atoms with Crippen molar-refractivity contribution in [1.29, 1.82) is 0 Å². The quantitative estimate of drug-likeness (QED) is 0.819. The zero-order valence-electron chi connectivity index (χ0n) is 12.1. The van der Waals surface area contributed by atoms with Crippen LogP contribution < -0.4 is 11.1 Å². The first kappa shape index (κ1) is 14.3. The number of nitrogens with one attached hydrogen (secondary N) is 1. The summed E-state index contributed by atoms with van der Waals surface area (Å²) >= 11 is 5.15. The van der Waals surface area contributed by atoms with E-state index >= 15 is 0 Å². The molecule has 0 amide bonds. The van der Waals surface area contributed by atoms with Crippen LogP contribution in [-0.2, 0) is 0 Å². The first-order valence-electron chi connectivity index (χ1n) is 7.04. The van der Waals surface area contributed by atoms with Crippen LogP contribution in [0.15, 0.2) is 18.2 Å². The Morgan fingerprint density at radius 3 is 2.53 bits per heavy atom. The van der Waals surface area contributed by atoms with Gasteiger partial charge in [0.2, 0.25) is 0 Å². The molecular formula is C16H24N2S. The summed E-state index contributed by atoms with van der Waals surface area (Å²) in [5, 5.41) is 3.63. The molecule has 0 radical (unpaired) electrons. The Bertz CT molecular complexity index is 470. The van der Waals surface area contributed by atoms with E-state index in [0.29, 0.717) is 16.4 Å². The van der Waals surface area contributed by atoms with Crippen LogP contribution in [0.5, 0.6) is 0 Å². The predicted molar refractivity (Wildman–Crippen MR) is 86.7 cm³/mol. The van der Waals surface area contributed by atoms with E-state index in [0.717, 1.165) is 11.3 Å². The highest BCUT2D eigenvalue weighted by atomic mass is 32.1. The molecule has 0 heterocycles. The second kappa shape index (κ2) is 5.49. The highest BCUT2D eigenvalue weighted by molar-refractivity contribution is 7.80. The molecule has 0 unspecified atom stereocenters. The number of thiocarbonyl (C=S) groups is 1. The van der Waals surface area contributed by atoms with Crippen LogP contribution in [0.2, 0.25) is 0 Å². The number of aryl methyl sites for hydroxylation is 1. The fourth-order valence-corrected chi connectivity index (χ4v) is 2.92. The molecule has 0 spiro atoms. The summed E-state index contributed by atoms with van der Waals surface area (Å²) in [6.07, 6.45) is 4.99. The van der Waals surface area contributed by atoms with E-state index in [2.05, 4.69) is 44.3 Å². The maximum Gasteiger partial charge on any atom is 0.106 e. The van der Waals surface area contributed by atoms with Crippen molar-refractivity contribution in [3.05, 3.63) is 29.3 Å². The molecule has 0 atom stereocenters. The molecule has 19 heavy (non-hydrogen) atoms. The first-order valence-corrected chi connectivity index (χ1v) is 7.45. The number of hydrogen-bond donors (Lipinski definition) is 2. The summed E-state index contributed by atoms with van der Waals surface area (Å²) < 4.78 is 0. The fraction of sp³-hybridized carbons (Fsp3) is 0.562. The van der Waals surface area contributed by atoms with Crippen LogP contribution in [0, 0.1) is 12.3 Å². The lowest BCUT2D eigenvalue weighted by Gasteiger charge is -2.35. The van der Waals surface area contributed by atoms with Gasteiger partial charge in [-0.05, 0) is 50.2 Å². The van der Waals surface area contributed by atoms with Gasteiger partial charge in [0.05, 0.1) is 0 Å². The van der Waals surface area contributed by atoms with Crippen molar-refractivity contribution in [1.82, 2.24) is 0 Å². The summed E-state index contributed by atoms with van der Waals surface area (Å²) in [5.74, 6) is 0. The normalized spacial score (nSPS) is 19.1. The highest BCUT2D eigenvalue weighted by Gasteiger charge is 2.27. The Morgan fingerprint density at radius 2 is 1.95 bits per heavy atom. The molecule has 1 aromatic rings.